The van der Waals surface area contributed by atoms with E-state index in [1.807, 2.05) is 17.8 Å². The molecule has 1 heterocycles. The first-order valence-electron chi connectivity index (χ1n) is 7.17. The third kappa shape index (κ3) is 4.66. The molecule has 1 N–H and O–H groups in total. The number of nitrogens with zero attached hydrogens (tertiary/aromatic N) is 2. The van der Waals surface area contributed by atoms with Crippen LogP contribution in [0, 0.1) is 6.92 Å². The molecule has 0 unspecified atom stereocenters. The first-order valence-corrected chi connectivity index (χ1v) is 7.96. The number of esters is 1. The monoisotopic (exact) mass is 379 g/mol. The van der Waals surface area contributed by atoms with Crippen molar-refractivity contribution in [3.8, 4) is 0 Å². The molecule has 0 atom stereocenters. The van der Waals surface area contributed by atoms with Gasteiger partial charge in [0.15, 0.2) is 0 Å². The van der Waals surface area contributed by atoms with E-state index in [9.17, 15) is 9.59 Å². The summed E-state index contributed by atoms with van der Waals surface area (Å²) in [6, 6.07) is 6.36. The first-order chi connectivity index (χ1) is 11.0. The van der Waals surface area contributed by atoms with E-state index in [0.29, 0.717) is 17.7 Å². The topological polar surface area (TPSA) is 73.2 Å². The second kappa shape index (κ2) is 7.92. The standard InChI is InChI=1S/C16H18BrN3O3/c1-11-14(17)10-20(19-11)9-3-8-18-15(21)12-4-6-13(7-5-12)16(22)23-2/h4-7,10H,3,8-9H2,1-2H3,(H,18,21). The molecule has 0 saturated carbocycles. The number of hydrogen-bond donors (Lipinski definition) is 1. The van der Waals surface area contributed by atoms with E-state index < -0.39 is 5.97 Å². The largest absolute Gasteiger partial charge is 0.465 e. The summed E-state index contributed by atoms with van der Waals surface area (Å²) >= 11 is 3.41. The summed E-state index contributed by atoms with van der Waals surface area (Å²) in [4.78, 5) is 23.3. The highest BCUT2D eigenvalue weighted by Gasteiger charge is 2.08. The average molecular weight is 380 g/mol. The van der Waals surface area contributed by atoms with Crippen molar-refractivity contribution in [3.05, 3.63) is 51.8 Å². The second-order valence-corrected chi connectivity index (χ2v) is 5.86. The Hall–Kier alpha value is -2.15. The van der Waals surface area contributed by atoms with Crippen molar-refractivity contribution in [1.29, 1.82) is 0 Å². The fraction of sp³-hybridized carbons (Fsp3) is 0.312. The van der Waals surface area contributed by atoms with E-state index in [1.54, 1.807) is 24.3 Å². The summed E-state index contributed by atoms with van der Waals surface area (Å²) in [5, 5.41) is 7.18. The highest BCUT2D eigenvalue weighted by Crippen LogP contribution is 2.13. The van der Waals surface area contributed by atoms with Gasteiger partial charge < -0.3 is 10.1 Å². The molecule has 2 aromatic rings. The van der Waals surface area contributed by atoms with Crippen molar-refractivity contribution in [2.24, 2.45) is 0 Å². The number of methoxy groups -OCH3 is 1. The predicted molar refractivity (Wildman–Crippen MR) is 89.4 cm³/mol. The van der Waals surface area contributed by atoms with Crippen molar-refractivity contribution >= 4 is 27.8 Å². The molecule has 0 aliphatic heterocycles. The minimum Gasteiger partial charge on any atom is -0.465 e. The van der Waals surface area contributed by atoms with Crippen LogP contribution >= 0.6 is 15.9 Å². The number of hydrogen-bond acceptors (Lipinski definition) is 4. The number of aromatic nitrogens is 2. The Balaban J connectivity index is 1.79. The number of aryl methyl sites for hydroxylation is 2. The Morgan fingerprint density at radius 2 is 1.91 bits per heavy atom. The zero-order chi connectivity index (χ0) is 16.8. The number of halogens is 1. The second-order valence-electron chi connectivity index (χ2n) is 5.00. The van der Waals surface area contributed by atoms with Gasteiger partial charge in [0.05, 0.1) is 22.8 Å². The molecule has 122 valence electrons. The van der Waals surface area contributed by atoms with Gasteiger partial charge in [-0.1, -0.05) is 0 Å². The zero-order valence-electron chi connectivity index (χ0n) is 13.0. The van der Waals surface area contributed by atoms with E-state index in [4.69, 9.17) is 0 Å². The highest BCUT2D eigenvalue weighted by molar-refractivity contribution is 9.10. The van der Waals surface area contributed by atoms with E-state index >= 15 is 0 Å². The van der Waals surface area contributed by atoms with Crippen molar-refractivity contribution < 1.29 is 14.3 Å². The lowest BCUT2D eigenvalue weighted by atomic mass is 10.1. The van der Waals surface area contributed by atoms with Gasteiger partial charge in [-0.05, 0) is 53.5 Å². The number of ether oxygens (including phenoxy) is 1. The third-order valence-electron chi connectivity index (χ3n) is 3.30. The molecule has 0 fully saturated rings. The quantitative estimate of drug-likeness (QED) is 0.618. The van der Waals surface area contributed by atoms with E-state index in [0.717, 1.165) is 23.1 Å². The predicted octanol–water partition coefficient (Wildman–Crippen LogP) is 2.56. The Bertz CT molecular complexity index is 676. The molecular weight excluding hydrogens is 362 g/mol. The van der Waals surface area contributed by atoms with Gasteiger partial charge in [-0.3, -0.25) is 9.48 Å². The van der Waals surface area contributed by atoms with Crippen LogP contribution in [-0.4, -0.2) is 35.3 Å². The summed E-state index contributed by atoms with van der Waals surface area (Å²) in [6.07, 6.45) is 2.70. The van der Waals surface area contributed by atoms with Gasteiger partial charge in [0, 0.05) is 24.8 Å². The number of carbonyl (C=O) groups is 2. The fourth-order valence-corrected chi connectivity index (χ4v) is 2.34. The van der Waals surface area contributed by atoms with Crippen molar-refractivity contribution in [2.75, 3.05) is 13.7 Å². The minimum atomic E-state index is -0.419. The molecule has 6 nitrogen and oxygen atoms in total. The molecule has 2 rings (SSSR count). The SMILES string of the molecule is COC(=O)c1ccc(C(=O)NCCCn2cc(Br)c(C)n2)cc1. The molecule has 0 aliphatic carbocycles. The van der Waals surface area contributed by atoms with Crippen LogP contribution in [0.1, 0.15) is 32.8 Å². The van der Waals surface area contributed by atoms with E-state index in [-0.39, 0.29) is 5.91 Å². The molecule has 0 radical (unpaired) electrons. The lowest BCUT2D eigenvalue weighted by Gasteiger charge is -2.06. The number of carbonyl (C=O) groups excluding carboxylic acids is 2. The smallest absolute Gasteiger partial charge is 0.337 e. The molecule has 1 aromatic carbocycles. The van der Waals surface area contributed by atoms with Gasteiger partial charge in [-0.25, -0.2) is 4.79 Å². The molecule has 7 heteroatoms. The maximum absolute atomic E-state index is 12.0. The fourth-order valence-electron chi connectivity index (χ4n) is 2.03. The van der Waals surface area contributed by atoms with Gasteiger partial charge >= 0.3 is 5.97 Å². The van der Waals surface area contributed by atoms with Gasteiger partial charge in [-0.2, -0.15) is 5.10 Å². The number of rotatable bonds is 6. The lowest BCUT2D eigenvalue weighted by molar-refractivity contribution is 0.0600. The summed E-state index contributed by atoms with van der Waals surface area (Å²) in [5.74, 6) is -0.586. The molecule has 1 amide bonds. The van der Waals surface area contributed by atoms with Gasteiger partial charge in [0.2, 0.25) is 0 Å². The Kier molecular flexibility index (Phi) is 5.92. The minimum absolute atomic E-state index is 0.167. The maximum Gasteiger partial charge on any atom is 0.337 e. The van der Waals surface area contributed by atoms with Gasteiger partial charge in [-0.15, -0.1) is 0 Å². The Morgan fingerprint density at radius 1 is 1.26 bits per heavy atom. The van der Waals surface area contributed by atoms with Gasteiger partial charge in [0.25, 0.3) is 5.91 Å². The van der Waals surface area contributed by atoms with E-state index in [1.165, 1.54) is 7.11 Å². The van der Waals surface area contributed by atoms with Crippen molar-refractivity contribution in [3.63, 3.8) is 0 Å². The van der Waals surface area contributed by atoms with Crippen molar-refractivity contribution in [1.82, 2.24) is 15.1 Å². The number of nitrogens with one attached hydrogen (secondary N) is 1. The summed E-state index contributed by atoms with van der Waals surface area (Å²) < 4.78 is 7.44. The van der Waals surface area contributed by atoms with Crippen LogP contribution in [0.3, 0.4) is 0 Å². The zero-order valence-corrected chi connectivity index (χ0v) is 14.6. The molecule has 0 saturated heterocycles. The van der Waals surface area contributed by atoms with Crippen LogP contribution in [0.2, 0.25) is 0 Å². The molecule has 0 spiro atoms. The van der Waals surface area contributed by atoms with Crippen LogP contribution in [0.25, 0.3) is 0 Å². The van der Waals surface area contributed by atoms with Crippen LogP contribution in [0.4, 0.5) is 0 Å². The molecule has 0 aliphatic rings. The Morgan fingerprint density at radius 3 is 2.48 bits per heavy atom. The summed E-state index contributed by atoms with van der Waals surface area (Å²) in [5.41, 5.74) is 1.87. The molecule has 0 bridgehead atoms. The first kappa shape index (κ1) is 17.2. The molecular formula is C16H18BrN3O3. The van der Waals surface area contributed by atoms with E-state index in [2.05, 4.69) is 31.1 Å². The van der Waals surface area contributed by atoms with Crippen LogP contribution in [-0.2, 0) is 11.3 Å². The average Bonchev–Trinajstić information content (AvgIpc) is 2.89. The highest BCUT2D eigenvalue weighted by atomic mass is 79.9. The van der Waals surface area contributed by atoms with Gasteiger partial charge in [0.1, 0.15) is 0 Å². The number of benzene rings is 1. The van der Waals surface area contributed by atoms with Crippen LogP contribution in [0.5, 0.6) is 0 Å². The normalized spacial score (nSPS) is 10.4. The Labute approximate surface area is 143 Å². The van der Waals surface area contributed by atoms with Crippen LogP contribution in [0.15, 0.2) is 34.9 Å². The third-order valence-corrected chi connectivity index (χ3v) is 4.08. The summed E-state index contributed by atoms with van der Waals surface area (Å²) in [7, 11) is 1.32. The number of amides is 1. The molecule has 23 heavy (non-hydrogen) atoms. The maximum atomic E-state index is 12.0. The summed E-state index contributed by atoms with van der Waals surface area (Å²) in [6.45, 7) is 3.21. The van der Waals surface area contributed by atoms with Crippen LogP contribution < -0.4 is 5.32 Å². The molecule has 1 aromatic heterocycles. The van der Waals surface area contributed by atoms with Crippen molar-refractivity contribution in [2.45, 2.75) is 19.9 Å². The lowest BCUT2D eigenvalue weighted by Crippen LogP contribution is -2.25.